The van der Waals surface area contributed by atoms with Crippen molar-refractivity contribution >= 4 is 11.3 Å². The molecule has 0 unspecified atom stereocenters. The molecule has 0 bridgehead atoms. The molecule has 0 aliphatic rings. The van der Waals surface area contributed by atoms with Crippen molar-refractivity contribution < 1.29 is 0 Å². The van der Waals surface area contributed by atoms with Gasteiger partial charge in [-0.3, -0.25) is 4.68 Å². The summed E-state index contributed by atoms with van der Waals surface area (Å²) in [6, 6.07) is 0. The first-order valence-corrected chi connectivity index (χ1v) is 7.64. The van der Waals surface area contributed by atoms with Crippen molar-refractivity contribution in [3.8, 4) is 0 Å². The number of hydrogen-bond donors (Lipinski definition) is 1. The molecule has 0 aliphatic carbocycles. The van der Waals surface area contributed by atoms with Gasteiger partial charge in [0.25, 0.3) is 0 Å². The minimum absolute atomic E-state index is 0.769. The van der Waals surface area contributed by atoms with Gasteiger partial charge in [0.15, 0.2) is 0 Å². The maximum atomic E-state index is 4.63. The standard InChI is InChI=1S/C14H22N4S/c1-5-6-15-7-14-10(2)17-18(11(14)3)8-13-9-19-12(4)16-13/h9,15H,5-8H2,1-4H3. The van der Waals surface area contributed by atoms with Crippen LogP contribution in [0.25, 0.3) is 0 Å². The molecule has 2 heterocycles. The fraction of sp³-hybridized carbons (Fsp3) is 0.571. The van der Waals surface area contributed by atoms with Crippen molar-refractivity contribution in [2.75, 3.05) is 6.54 Å². The van der Waals surface area contributed by atoms with E-state index in [2.05, 4.69) is 46.2 Å². The van der Waals surface area contributed by atoms with Gasteiger partial charge in [-0.2, -0.15) is 5.10 Å². The number of thiazole rings is 1. The van der Waals surface area contributed by atoms with Crippen LogP contribution in [0.2, 0.25) is 0 Å². The Morgan fingerprint density at radius 1 is 1.32 bits per heavy atom. The number of aryl methyl sites for hydroxylation is 2. The summed E-state index contributed by atoms with van der Waals surface area (Å²) in [6.07, 6.45) is 1.16. The van der Waals surface area contributed by atoms with E-state index in [1.807, 2.05) is 6.92 Å². The van der Waals surface area contributed by atoms with Gasteiger partial charge < -0.3 is 5.32 Å². The zero-order valence-electron chi connectivity index (χ0n) is 12.2. The van der Waals surface area contributed by atoms with E-state index in [4.69, 9.17) is 0 Å². The predicted molar refractivity (Wildman–Crippen MR) is 79.7 cm³/mol. The molecular formula is C14H22N4S. The largest absolute Gasteiger partial charge is 0.313 e. The van der Waals surface area contributed by atoms with Crippen LogP contribution in [0.5, 0.6) is 0 Å². The maximum absolute atomic E-state index is 4.63. The van der Waals surface area contributed by atoms with Gasteiger partial charge in [0.2, 0.25) is 0 Å². The Hall–Kier alpha value is -1.20. The number of aromatic nitrogens is 3. The van der Waals surface area contributed by atoms with E-state index in [9.17, 15) is 0 Å². The highest BCUT2D eigenvalue weighted by Gasteiger charge is 2.12. The Labute approximate surface area is 118 Å². The van der Waals surface area contributed by atoms with Crippen LogP contribution in [-0.2, 0) is 13.1 Å². The van der Waals surface area contributed by atoms with Gasteiger partial charge in [0, 0.05) is 23.2 Å². The van der Waals surface area contributed by atoms with Crippen LogP contribution in [0.4, 0.5) is 0 Å². The van der Waals surface area contributed by atoms with E-state index in [-0.39, 0.29) is 0 Å². The molecule has 2 rings (SSSR count). The van der Waals surface area contributed by atoms with E-state index >= 15 is 0 Å². The van der Waals surface area contributed by atoms with Crippen LogP contribution in [-0.4, -0.2) is 21.3 Å². The third kappa shape index (κ3) is 3.42. The maximum Gasteiger partial charge on any atom is 0.0898 e. The first kappa shape index (κ1) is 14.2. The van der Waals surface area contributed by atoms with Gasteiger partial charge >= 0.3 is 0 Å². The van der Waals surface area contributed by atoms with Crippen LogP contribution >= 0.6 is 11.3 Å². The van der Waals surface area contributed by atoms with E-state index in [0.29, 0.717) is 0 Å². The highest BCUT2D eigenvalue weighted by atomic mass is 32.1. The molecule has 1 N–H and O–H groups in total. The van der Waals surface area contributed by atoms with E-state index in [1.165, 1.54) is 11.3 Å². The lowest BCUT2D eigenvalue weighted by Gasteiger charge is -2.05. The van der Waals surface area contributed by atoms with E-state index < -0.39 is 0 Å². The van der Waals surface area contributed by atoms with Crippen molar-refractivity contribution in [1.29, 1.82) is 0 Å². The Kier molecular flexibility index (Phi) is 4.71. The Morgan fingerprint density at radius 3 is 2.74 bits per heavy atom. The zero-order valence-corrected chi connectivity index (χ0v) is 13.0. The predicted octanol–water partition coefficient (Wildman–Crippen LogP) is 2.81. The van der Waals surface area contributed by atoms with Crippen LogP contribution in [0.15, 0.2) is 5.38 Å². The fourth-order valence-corrected chi connectivity index (χ4v) is 2.77. The summed E-state index contributed by atoms with van der Waals surface area (Å²) in [6.45, 7) is 11.2. The molecule has 19 heavy (non-hydrogen) atoms. The fourth-order valence-electron chi connectivity index (χ4n) is 2.17. The third-order valence-corrected chi connectivity index (χ3v) is 4.06. The molecule has 4 nitrogen and oxygen atoms in total. The molecule has 0 aliphatic heterocycles. The first-order valence-electron chi connectivity index (χ1n) is 6.76. The number of hydrogen-bond acceptors (Lipinski definition) is 4. The summed E-state index contributed by atoms with van der Waals surface area (Å²) < 4.78 is 2.06. The van der Waals surface area contributed by atoms with Gasteiger partial charge in [-0.1, -0.05) is 6.92 Å². The second-order valence-corrected chi connectivity index (χ2v) is 5.90. The van der Waals surface area contributed by atoms with Crippen molar-refractivity contribution in [2.45, 2.75) is 47.2 Å². The van der Waals surface area contributed by atoms with Gasteiger partial charge in [-0.05, 0) is 33.7 Å². The van der Waals surface area contributed by atoms with Crippen molar-refractivity contribution in [3.05, 3.63) is 33.0 Å². The second-order valence-electron chi connectivity index (χ2n) is 4.84. The second kappa shape index (κ2) is 6.30. The number of nitrogens with one attached hydrogen (secondary N) is 1. The molecule has 0 radical (unpaired) electrons. The third-order valence-electron chi connectivity index (χ3n) is 3.24. The number of nitrogens with zero attached hydrogens (tertiary/aromatic N) is 3. The van der Waals surface area contributed by atoms with Crippen LogP contribution in [0.1, 0.15) is 41.0 Å². The average Bonchev–Trinajstić information content (AvgIpc) is 2.88. The molecule has 0 fully saturated rings. The van der Waals surface area contributed by atoms with Gasteiger partial charge in [0.1, 0.15) is 0 Å². The highest BCUT2D eigenvalue weighted by molar-refractivity contribution is 7.09. The van der Waals surface area contributed by atoms with E-state index in [1.54, 1.807) is 11.3 Å². The van der Waals surface area contributed by atoms with Crippen molar-refractivity contribution in [3.63, 3.8) is 0 Å². The summed E-state index contributed by atoms with van der Waals surface area (Å²) >= 11 is 1.69. The summed E-state index contributed by atoms with van der Waals surface area (Å²) in [7, 11) is 0. The highest BCUT2D eigenvalue weighted by Crippen LogP contribution is 2.15. The lowest BCUT2D eigenvalue weighted by Crippen LogP contribution is -2.15. The summed E-state index contributed by atoms with van der Waals surface area (Å²) in [5.41, 5.74) is 4.78. The lowest BCUT2D eigenvalue weighted by molar-refractivity contribution is 0.642. The molecule has 0 saturated carbocycles. The Balaban J connectivity index is 2.11. The lowest BCUT2D eigenvalue weighted by atomic mass is 10.2. The van der Waals surface area contributed by atoms with Gasteiger partial charge in [0.05, 0.1) is 22.9 Å². The molecule has 0 spiro atoms. The minimum Gasteiger partial charge on any atom is -0.313 e. The molecule has 5 heteroatoms. The van der Waals surface area contributed by atoms with Crippen LogP contribution in [0.3, 0.4) is 0 Å². The zero-order chi connectivity index (χ0) is 13.8. The Bertz CT molecular complexity index is 542. The first-order chi connectivity index (χ1) is 9.11. The van der Waals surface area contributed by atoms with E-state index in [0.717, 1.165) is 42.5 Å². The van der Waals surface area contributed by atoms with Crippen LogP contribution < -0.4 is 5.32 Å². The van der Waals surface area contributed by atoms with Gasteiger partial charge in [-0.15, -0.1) is 11.3 Å². The van der Waals surface area contributed by atoms with Crippen LogP contribution in [0, 0.1) is 20.8 Å². The molecule has 0 aromatic carbocycles. The molecule has 0 saturated heterocycles. The molecule has 104 valence electrons. The summed E-state index contributed by atoms with van der Waals surface area (Å²) in [5.74, 6) is 0. The molecule has 2 aromatic rings. The van der Waals surface area contributed by atoms with Gasteiger partial charge in [-0.25, -0.2) is 4.98 Å². The normalized spacial score (nSPS) is 11.2. The number of rotatable bonds is 6. The minimum atomic E-state index is 0.769. The molecule has 2 aromatic heterocycles. The average molecular weight is 278 g/mol. The molecular weight excluding hydrogens is 256 g/mol. The van der Waals surface area contributed by atoms with Crippen molar-refractivity contribution in [1.82, 2.24) is 20.1 Å². The smallest absolute Gasteiger partial charge is 0.0898 e. The topological polar surface area (TPSA) is 42.7 Å². The monoisotopic (exact) mass is 278 g/mol. The molecule has 0 atom stereocenters. The summed E-state index contributed by atoms with van der Waals surface area (Å²) in [4.78, 5) is 4.50. The quantitative estimate of drug-likeness (QED) is 0.826. The van der Waals surface area contributed by atoms with Crippen molar-refractivity contribution in [2.24, 2.45) is 0 Å². The summed E-state index contributed by atoms with van der Waals surface area (Å²) in [5, 5.41) is 11.3. The Morgan fingerprint density at radius 2 is 2.11 bits per heavy atom. The molecule has 0 amide bonds. The SMILES string of the molecule is CCCNCc1c(C)nn(Cc2csc(C)n2)c1C.